The molecule has 1 unspecified atom stereocenters. The molecule has 1 atom stereocenters. The molecule has 0 bridgehead atoms. The van der Waals surface area contributed by atoms with Gasteiger partial charge >= 0.3 is 5.97 Å². The van der Waals surface area contributed by atoms with Gasteiger partial charge in [0.2, 0.25) is 0 Å². The van der Waals surface area contributed by atoms with Crippen molar-refractivity contribution >= 4 is 27.4 Å². The van der Waals surface area contributed by atoms with Crippen molar-refractivity contribution in [1.29, 1.82) is 0 Å². The Labute approximate surface area is 144 Å². The summed E-state index contributed by atoms with van der Waals surface area (Å²) in [7, 11) is -4.17. The summed E-state index contributed by atoms with van der Waals surface area (Å²) in [6.45, 7) is 2.73. The monoisotopic (exact) mass is 364 g/mol. The number of non-ortho nitro benzene ring substituents is 1. The van der Waals surface area contributed by atoms with Gasteiger partial charge in [0.15, 0.2) is 0 Å². The third-order valence-electron chi connectivity index (χ3n) is 3.64. The van der Waals surface area contributed by atoms with Crippen LogP contribution in [0.3, 0.4) is 0 Å². The molecule has 2 aromatic carbocycles. The number of carbonyl (C=O) groups is 1. The minimum absolute atomic E-state index is 0.0687. The second-order valence-corrected chi connectivity index (χ2v) is 7.17. The lowest BCUT2D eigenvalue weighted by molar-refractivity contribution is -0.384. The van der Waals surface area contributed by atoms with Crippen molar-refractivity contribution < 1.29 is 23.2 Å². The normalized spacial score (nSPS) is 12.4. The van der Waals surface area contributed by atoms with E-state index in [0.717, 1.165) is 10.4 Å². The number of nitro groups is 1. The van der Waals surface area contributed by atoms with Gasteiger partial charge in [0, 0.05) is 12.1 Å². The van der Waals surface area contributed by atoms with E-state index in [-0.39, 0.29) is 21.8 Å². The molecule has 8 nitrogen and oxygen atoms in total. The van der Waals surface area contributed by atoms with Crippen LogP contribution in [-0.4, -0.2) is 30.5 Å². The number of aryl methyl sites for hydroxylation is 1. The quantitative estimate of drug-likeness (QED) is 0.622. The van der Waals surface area contributed by atoms with Gasteiger partial charge in [-0.3, -0.25) is 14.4 Å². The Kier molecular flexibility index (Phi) is 5.07. The molecule has 0 radical (unpaired) electrons. The molecule has 0 heterocycles. The zero-order valence-electron chi connectivity index (χ0n) is 13.5. The summed E-state index contributed by atoms with van der Waals surface area (Å²) in [4.78, 5) is 21.7. The van der Waals surface area contributed by atoms with E-state index in [0.29, 0.717) is 0 Å². The van der Waals surface area contributed by atoms with Crippen LogP contribution < -0.4 is 4.31 Å². The average Bonchev–Trinajstić information content (AvgIpc) is 2.56. The van der Waals surface area contributed by atoms with Crippen LogP contribution in [0.5, 0.6) is 0 Å². The number of aliphatic carboxylic acids is 1. The number of anilines is 1. The lowest BCUT2D eigenvalue weighted by Crippen LogP contribution is -2.43. The molecule has 0 aromatic heterocycles. The Morgan fingerprint density at radius 2 is 1.80 bits per heavy atom. The minimum atomic E-state index is -4.17. The van der Waals surface area contributed by atoms with E-state index < -0.39 is 27.0 Å². The molecule has 1 N–H and O–H groups in total. The molecular weight excluding hydrogens is 348 g/mol. The van der Waals surface area contributed by atoms with E-state index in [1.807, 2.05) is 0 Å². The Balaban J connectivity index is 2.67. The molecule has 0 aliphatic rings. The highest BCUT2D eigenvalue weighted by Crippen LogP contribution is 2.31. The van der Waals surface area contributed by atoms with Crippen LogP contribution >= 0.6 is 0 Å². The van der Waals surface area contributed by atoms with Crippen LogP contribution in [-0.2, 0) is 14.8 Å². The van der Waals surface area contributed by atoms with Crippen LogP contribution in [0.25, 0.3) is 0 Å². The van der Waals surface area contributed by atoms with Gasteiger partial charge in [0.05, 0.1) is 15.5 Å². The first-order chi connectivity index (χ1) is 11.7. The highest BCUT2D eigenvalue weighted by Gasteiger charge is 2.34. The van der Waals surface area contributed by atoms with Gasteiger partial charge in [0.25, 0.3) is 15.7 Å². The molecule has 132 valence electrons. The van der Waals surface area contributed by atoms with Gasteiger partial charge in [0.1, 0.15) is 6.04 Å². The van der Waals surface area contributed by atoms with Crippen molar-refractivity contribution in [2.75, 3.05) is 4.31 Å². The Morgan fingerprint density at radius 3 is 2.28 bits per heavy atom. The van der Waals surface area contributed by atoms with E-state index in [4.69, 9.17) is 0 Å². The molecule has 0 saturated heterocycles. The highest BCUT2D eigenvalue weighted by atomic mass is 32.2. The SMILES string of the molecule is Cc1cc([N+](=O)[O-])ccc1N(C(C)C(=O)O)S(=O)(=O)c1ccccc1. The summed E-state index contributed by atoms with van der Waals surface area (Å²) in [5, 5.41) is 20.2. The molecule has 2 aromatic rings. The molecule has 0 aliphatic heterocycles. The van der Waals surface area contributed by atoms with E-state index >= 15 is 0 Å². The summed E-state index contributed by atoms with van der Waals surface area (Å²) in [6, 6.07) is 9.61. The van der Waals surface area contributed by atoms with Gasteiger partial charge in [-0.25, -0.2) is 13.2 Å². The van der Waals surface area contributed by atoms with Crippen molar-refractivity contribution in [2.24, 2.45) is 0 Å². The maximum absolute atomic E-state index is 13.0. The number of nitro benzene ring substituents is 1. The van der Waals surface area contributed by atoms with Crippen molar-refractivity contribution in [1.82, 2.24) is 0 Å². The van der Waals surface area contributed by atoms with Gasteiger partial charge in [-0.15, -0.1) is 0 Å². The smallest absolute Gasteiger partial charge is 0.327 e. The highest BCUT2D eigenvalue weighted by molar-refractivity contribution is 7.93. The minimum Gasteiger partial charge on any atom is -0.480 e. The number of carboxylic acids is 1. The molecule has 9 heteroatoms. The van der Waals surface area contributed by atoms with Crippen LogP contribution in [0, 0.1) is 17.0 Å². The molecule has 25 heavy (non-hydrogen) atoms. The lowest BCUT2D eigenvalue weighted by Gasteiger charge is -2.29. The molecule has 2 rings (SSSR count). The maximum atomic E-state index is 13.0. The van der Waals surface area contributed by atoms with Crippen LogP contribution in [0.4, 0.5) is 11.4 Å². The number of benzene rings is 2. The first-order valence-corrected chi connectivity index (χ1v) is 8.67. The van der Waals surface area contributed by atoms with Crippen LogP contribution in [0.15, 0.2) is 53.4 Å². The van der Waals surface area contributed by atoms with Gasteiger partial charge in [-0.2, -0.15) is 0 Å². The number of rotatable bonds is 6. The van der Waals surface area contributed by atoms with Gasteiger partial charge in [-0.1, -0.05) is 18.2 Å². The van der Waals surface area contributed by atoms with E-state index in [9.17, 15) is 28.4 Å². The maximum Gasteiger partial charge on any atom is 0.327 e. The van der Waals surface area contributed by atoms with E-state index in [2.05, 4.69) is 0 Å². The fraction of sp³-hybridized carbons (Fsp3) is 0.188. The first-order valence-electron chi connectivity index (χ1n) is 7.23. The molecular formula is C16H16N2O6S. The fourth-order valence-corrected chi connectivity index (χ4v) is 4.05. The molecule has 0 amide bonds. The second kappa shape index (κ2) is 6.89. The predicted octanol–water partition coefficient (Wildman–Crippen LogP) is 2.57. The standard InChI is InChI=1S/C16H16N2O6S/c1-11-10-13(18(21)22)8-9-15(11)17(12(2)16(19)20)25(23,24)14-6-4-3-5-7-14/h3-10,12H,1-2H3,(H,19,20). The van der Waals surface area contributed by atoms with Crippen molar-refractivity contribution in [3.05, 3.63) is 64.2 Å². The average molecular weight is 364 g/mol. The summed E-state index contributed by atoms with van der Waals surface area (Å²) in [5.41, 5.74) is 0.146. The molecule has 0 spiro atoms. The van der Waals surface area contributed by atoms with Crippen LogP contribution in [0.1, 0.15) is 12.5 Å². The van der Waals surface area contributed by atoms with Crippen LogP contribution in [0.2, 0.25) is 0 Å². The molecule has 0 fully saturated rings. The van der Waals surface area contributed by atoms with Gasteiger partial charge < -0.3 is 5.11 Å². The first kappa shape index (κ1) is 18.4. The number of sulfonamides is 1. The Bertz CT molecular complexity index is 911. The third-order valence-corrected chi connectivity index (χ3v) is 5.54. The lowest BCUT2D eigenvalue weighted by atomic mass is 10.1. The van der Waals surface area contributed by atoms with Crippen molar-refractivity contribution in [2.45, 2.75) is 24.8 Å². The number of hydrogen-bond acceptors (Lipinski definition) is 5. The molecule has 0 aliphatic carbocycles. The zero-order chi connectivity index (χ0) is 18.8. The topological polar surface area (TPSA) is 118 Å². The van der Waals surface area contributed by atoms with E-state index in [1.54, 1.807) is 6.07 Å². The Hall–Kier alpha value is -2.94. The summed E-state index contributed by atoms with van der Waals surface area (Å²) >= 11 is 0. The third kappa shape index (κ3) is 3.61. The summed E-state index contributed by atoms with van der Waals surface area (Å²) in [6.07, 6.45) is 0. The Morgan fingerprint density at radius 1 is 1.20 bits per heavy atom. The van der Waals surface area contributed by atoms with Crippen molar-refractivity contribution in [3.8, 4) is 0 Å². The summed E-state index contributed by atoms with van der Waals surface area (Å²) in [5.74, 6) is -1.34. The number of hydrogen-bond donors (Lipinski definition) is 1. The predicted molar refractivity (Wildman–Crippen MR) is 91.0 cm³/mol. The van der Waals surface area contributed by atoms with E-state index in [1.165, 1.54) is 50.2 Å². The fourth-order valence-electron chi connectivity index (χ4n) is 2.35. The second-order valence-electron chi connectivity index (χ2n) is 5.36. The zero-order valence-corrected chi connectivity index (χ0v) is 14.3. The number of carboxylic acid groups (broad SMARTS) is 1. The number of nitrogens with zero attached hydrogens (tertiary/aromatic N) is 2. The van der Waals surface area contributed by atoms with Crippen molar-refractivity contribution in [3.63, 3.8) is 0 Å². The van der Waals surface area contributed by atoms with Gasteiger partial charge in [-0.05, 0) is 37.6 Å². The largest absolute Gasteiger partial charge is 0.480 e. The summed E-state index contributed by atoms with van der Waals surface area (Å²) < 4.78 is 26.7. The molecule has 0 saturated carbocycles.